The van der Waals surface area contributed by atoms with Crippen molar-refractivity contribution in [2.45, 2.75) is 33.4 Å². The summed E-state index contributed by atoms with van der Waals surface area (Å²) in [7, 11) is 0. The van der Waals surface area contributed by atoms with E-state index in [9.17, 15) is 0 Å². The van der Waals surface area contributed by atoms with Crippen LogP contribution in [0.4, 0.5) is 0 Å². The van der Waals surface area contributed by atoms with Gasteiger partial charge in [-0.3, -0.25) is 0 Å². The van der Waals surface area contributed by atoms with Gasteiger partial charge in [-0.15, -0.1) is 11.3 Å². The van der Waals surface area contributed by atoms with Gasteiger partial charge >= 0.3 is 0 Å². The first-order valence-corrected chi connectivity index (χ1v) is 6.79. The van der Waals surface area contributed by atoms with Crippen molar-refractivity contribution in [3.63, 3.8) is 0 Å². The van der Waals surface area contributed by atoms with Crippen LogP contribution in [0, 0.1) is 13.8 Å². The number of aromatic nitrogens is 1. The van der Waals surface area contributed by atoms with Crippen molar-refractivity contribution in [3.05, 3.63) is 45.4 Å². The van der Waals surface area contributed by atoms with Gasteiger partial charge in [0.1, 0.15) is 17.4 Å². The number of benzene rings is 1. The smallest absolute Gasteiger partial charge is 0.140 e. The van der Waals surface area contributed by atoms with Gasteiger partial charge in [-0.2, -0.15) is 0 Å². The minimum absolute atomic E-state index is 0.0258. The Labute approximate surface area is 112 Å². The van der Waals surface area contributed by atoms with Crippen LogP contribution in [0.3, 0.4) is 0 Å². The maximum absolute atomic E-state index is 5.85. The van der Waals surface area contributed by atoms with Crippen LogP contribution in [0.15, 0.2) is 24.3 Å². The molecule has 2 N–H and O–H groups in total. The van der Waals surface area contributed by atoms with Crippen LogP contribution < -0.4 is 10.5 Å². The second-order valence-corrected chi connectivity index (χ2v) is 5.69. The van der Waals surface area contributed by atoms with E-state index in [-0.39, 0.29) is 6.04 Å². The molecule has 0 unspecified atom stereocenters. The fraction of sp³-hybridized carbons (Fsp3) is 0.357. The first-order valence-electron chi connectivity index (χ1n) is 5.97. The minimum atomic E-state index is 0.0258. The van der Waals surface area contributed by atoms with Gasteiger partial charge in [-0.05, 0) is 38.5 Å². The summed E-state index contributed by atoms with van der Waals surface area (Å²) in [6, 6.07) is 7.93. The molecular weight excluding hydrogens is 244 g/mol. The third-order valence-electron chi connectivity index (χ3n) is 2.82. The second-order valence-electron chi connectivity index (χ2n) is 4.40. The lowest BCUT2D eigenvalue weighted by atomic mass is 10.1. The predicted molar refractivity (Wildman–Crippen MR) is 75.0 cm³/mol. The molecule has 2 rings (SSSR count). The van der Waals surface area contributed by atoms with Crippen LogP contribution in [0.25, 0.3) is 0 Å². The molecule has 0 bridgehead atoms. The zero-order chi connectivity index (χ0) is 13.1. The van der Waals surface area contributed by atoms with Crippen molar-refractivity contribution in [1.82, 2.24) is 4.98 Å². The van der Waals surface area contributed by atoms with E-state index in [1.54, 1.807) is 11.3 Å². The van der Waals surface area contributed by atoms with Crippen molar-refractivity contribution >= 4 is 11.3 Å². The number of rotatable bonds is 4. The lowest BCUT2D eigenvalue weighted by molar-refractivity contribution is 0.305. The van der Waals surface area contributed by atoms with Gasteiger partial charge in [0.2, 0.25) is 0 Å². The van der Waals surface area contributed by atoms with E-state index in [2.05, 4.69) is 11.9 Å². The molecule has 0 radical (unpaired) electrons. The molecule has 0 fully saturated rings. The zero-order valence-corrected chi connectivity index (χ0v) is 11.8. The molecule has 96 valence electrons. The summed E-state index contributed by atoms with van der Waals surface area (Å²) in [6.45, 7) is 6.58. The fourth-order valence-electron chi connectivity index (χ4n) is 1.63. The maximum Gasteiger partial charge on any atom is 0.140 e. The first kappa shape index (κ1) is 13.1. The molecule has 4 heteroatoms. The Morgan fingerprint density at radius 3 is 2.78 bits per heavy atom. The lowest BCUT2D eigenvalue weighted by Crippen LogP contribution is -2.05. The largest absolute Gasteiger partial charge is 0.486 e. The first-order chi connectivity index (χ1) is 8.56. The van der Waals surface area contributed by atoms with Crippen molar-refractivity contribution in [3.8, 4) is 5.75 Å². The molecule has 18 heavy (non-hydrogen) atoms. The summed E-state index contributed by atoms with van der Waals surface area (Å²) < 4.78 is 5.74. The molecule has 0 spiro atoms. The van der Waals surface area contributed by atoms with Gasteiger partial charge in [-0.1, -0.05) is 12.1 Å². The third kappa shape index (κ3) is 3.09. The van der Waals surface area contributed by atoms with Crippen molar-refractivity contribution < 1.29 is 4.74 Å². The minimum Gasteiger partial charge on any atom is -0.486 e. The Bertz CT molecular complexity index is 515. The van der Waals surface area contributed by atoms with E-state index >= 15 is 0 Å². The summed E-state index contributed by atoms with van der Waals surface area (Å²) in [4.78, 5) is 5.70. The number of aryl methyl sites for hydroxylation is 2. The molecular formula is C14H18N2OS. The van der Waals surface area contributed by atoms with E-state index in [0.29, 0.717) is 6.61 Å². The van der Waals surface area contributed by atoms with E-state index < -0.39 is 0 Å². The molecule has 2 aromatic rings. The molecule has 3 nitrogen and oxygen atoms in total. The molecule has 1 heterocycles. The molecule has 0 aliphatic carbocycles. The van der Waals surface area contributed by atoms with E-state index in [4.69, 9.17) is 10.5 Å². The molecule has 0 aliphatic rings. The normalized spacial score (nSPS) is 12.4. The number of thiazole rings is 1. The van der Waals surface area contributed by atoms with Gasteiger partial charge in [0.25, 0.3) is 0 Å². The van der Waals surface area contributed by atoms with Gasteiger partial charge in [0.05, 0.1) is 5.69 Å². The number of hydrogen-bond acceptors (Lipinski definition) is 4. The topological polar surface area (TPSA) is 48.1 Å². The summed E-state index contributed by atoms with van der Waals surface area (Å²) in [6.07, 6.45) is 0. The third-order valence-corrected chi connectivity index (χ3v) is 3.87. The quantitative estimate of drug-likeness (QED) is 0.919. The van der Waals surface area contributed by atoms with Crippen LogP contribution in [0.1, 0.15) is 34.1 Å². The van der Waals surface area contributed by atoms with E-state index in [1.165, 1.54) is 4.88 Å². The van der Waals surface area contributed by atoms with Crippen LogP contribution in [0.2, 0.25) is 0 Å². The fourth-order valence-corrected chi connectivity index (χ4v) is 2.48. The van der Waals surface area contributed by atoms with Crippen molar-refractivity contribution in [2.75, 3.05) is 0 Å². The van der Waals surface area contributed by atoms with Gasteiger partial charge < -0.3 is 10.5 Å². The van der Waals surface area contributed by atoms with Crippen LogP contribution in [-0.2, 0) is 6.61 Å². The van der Waals surface area contributed by atoms with Crippen molar-refractivity contribution in [2.24, 2.45) is 5.73 Å². The van der Waals surface area contributed by atoms with Crippen LogP contribution in [-0.4, -0.2) is 4.98 Å². The highest BCUT2D eigenvalue weighted by atomic mass is 32.1. The molecule has 1 aromatic heterocycles. The number of nitrogens with two attached hydrogens (primary N) is 1. The molecule has 1 atom stereocenters. The predicted octanol–water partition coefficient (Wildman–Crippen LogP) is 3.36. The number of hydrogen-bond donors (Lipinski definition) is 1. The van der Waals surface area contributed by atoms with E-state index in [1.807, 2.05) is 38.1 Å². The number of ether oxygens (including phenoxy) is 1. The van der Waals surface area contributed by atoms with Gasteiger partial charge in [-0.25, -0.2) is 4.98 Å². The Balaban J connectivity index is 2.03. The average molecular weight is 262 g/mol. The zero-order valence-electron chi connectivity index (χ0n) is 10.9. The SMILES string of the molecule is Cc1nc(COc2cccc([C@H](C)N)c2)sc1C. The van der Waals surface area contributed by atoms with Crippen LogP contribution >= 0.6 is 11.3 Å². The average Bonchev–Trinajstić information content (AvgIpc) is 2.67. The molecule has 0 saturated carbocycles. The Morgan fingerprint density at radius 2 is 2.17 bits per heavy atom. The number of nitrogens with zero attached hydrogens (tertiary/aromatic N) is 1. The summed E-state index contributed by atoms with van der Waals surface area (Å²) in [5.41, 5.74) is 8.02. The monoisotopic (exact) mass is 262 g/mol. The van der Waals surface area contributed by atoms with E-state index in [0.717, 1.165) is 22.0 Å². The highest BCUT2D eigenvalue weighted by molar-refractivity contribution is 7.11. The summed E-state index contributed by atoms with van der Waals surface area (Å²) >= 11 is 1.68. The molecule has 0 amide bonds. The Morgan fingerprint density at radius 1 is 1.39 bits per heavy atom. The Kier molecular flexibility index (Phi) is 3.99. The second kappa shape index (κ2) is 5.50. The summed E-state index contributed by atoms with van der Waals surface area (Å²) in [5.74, 6) is 0.843. The maximum atomic E-state index is 5.85. The molecule has 1 aromatic carbocycles. The highest BCUT2D eigenvalue weighted by Gasteiger charge is 2.05. The summed E-state index contributed by atoms with van der Waals surface area (Å²) in [5, 5.41) is 1.01. The van der Waals surface area contributed by atoms with Crippen LogP contribution in [0.5, 0.6) is 5.75 Å². The molecule has 0 saturated heterocycles. The van der Waals surface area contributed by atoms with Gasteiger partial charge in [0.15, 0.2) is 0 Å². The standard InChI is InChI=1S/C14H18N2OS/c1-9(15)12-5-4-6-13(7-12)17-8-14-16-10(2)11(3)18-14/h4-7,9H,8,15H2,1-3H3/t9-/m0/s1. The lowest BCUT2D eigenvalue weighted by Gasteiger charge is -2.08. The van der Waals surface area contributed by atoms with Gasteiger partial charge in [0, 0.05) is 10.9 Å². The highest BCUT2D eigenvalue weighted by Crippen LogP contribution is 2.21. The van der Waals surface area contributed by atoms with Crippen molar-refractivity contribution in [1.29, 1.82) is 0 Å². The Hall–Kier alpha value is -1.39. The molecule has 0 aliphatic heterocycles.